The van der Waals surface area contributed by atoms with Crippen LogP contribution >= 0.6 is 23.5 Å². The lowest BCUT2D eigenvalue weighted by Crippen LogP contribution is -2.53. The Hall–Kier alpha value is -3.17. The van der Waals surface area contributed by atoms with Gasteiger partial charge < -0.3 is 36.5 Å². The second-order valence-electron chi connectivity index (χ2n) is 9.28. The van der Waals surface area contributed by atoms with E-state index >= 15 is 0 Å². The molecule has 6 N–H and O–H groups in total. The van der Waals surface area contributed by atoms with Crippen LogP contribution in [-0.4, -0.2) is 96.2 Å². The molecule has 1 spiro atoms. The third kappa shape index (κ3) is 6.89. The molecule has 4 rings (SSSR count). The molecule has 0 aliphatic carbocycles. The van der Waals surface area contributed by atoms with Crippen molar-refractivity contribution < 1.29 is 19.1 Å². The molecule has 0 radical (unpaired) electrons. The summed E-state index contributed by atoms with van der Waals surface area (Å²) >= 11 is 7.39. The number of aromatic nitrogens is 2. The molecular formula is C24H32ClN9O4S. The van der Waals surface area contributed by atoms with Crippen molar-refractivity contribution in [2.75, 3.05) is 58.9 Å². The zero-order valence-electron chi connectivity index (χ0n) is 21.9. The van der Waals surface area contributed by atoms with E-state index in [1.807, 2.05) is 40.5 Å². The van der Waals surface area contributed by atoms with E-state index in [0.717, 1.165) is 4.90 Å². The first-order chi connectivity index (χ1) is 18.6. The number of nitrogens with zero attached hydrogens (tertiary/aromatic N) is 5. The van der Waals surface area contributed by atoms with Gasteiger partial charge in [0.05, 0.1) is 12.1 Å². The molecule has 2 amide bonds. The SMILES string of the molecule is COC(CN(C)Sc1cccc(C(=O)N2CCC3(CC2)CN/C(=N\C(=O)c2nc(Cl)c(N)nc2N)N3)c1)OC. The van der Waals surface area contributed by atoms with Crippen molar-refractivity contribution in [1.29, 1.82) is 0 Å². The minimum atomic E-state index is -0.690. The Morgan fingerprint density at radius 2 is 1.95 bits per heavy atom. The summed E-state index contributed by atoms with van der Waals surface area (Å²) in [5.74, 6) is -0.604. The summed E-state index contributed by atoms with van der Waals surface area (Å²) in [5, 5.41) is 6.33. The molecule has 1 aromatic heterocycles. The number of ether oxygens (including phenoxy) is 2. The predicted octanol–water partition coefficient (Wildman–Crippen LogP) is 1.22. The molecule has 210 valence electrons. The number of piperidine rings is 1. The minimum absolute atomic E-state index is 0.0223. The molecule has 2 fully saturated rings. The van der Waals surface area contributed by atoms with Crippen LogP contribution in [0.3, 0.4) is 0 Å². The second-order valence-corrected chi connectivity index (χ2v) is 10.9. The first-order valence-corrected chi connectivity index (χ1v) is 13.4. The maximum absolute atomic E-state index is 13.3. The van der Waals surface area contributed by atoms with E-state index in [-0.39, 0.29) is 40.2 Å². The Morgan fingerprint density at radius 3 is 2.64 bits per heavy atom. The van der Waals surface area contributed by atoms with Crippen LogP contribution in [0.25, 0.3) is 0 Å². The largest absolute Gasteiger partial charge is 0.382 e. The highest BCUT2D eigenvalue weighted by atomic mass is 35.5. The molecule has 0 unspecified atom stereocenters. The van der Waals surface area contributed by atoms with Crippen LogP contribution in [0.5, 0.6) is 0 Å². The second kappa shape index (κ2) is 12.3. The van der Waals surface area contributed by atoms with Crippen LogP contribution in [0, 0.1) is 0 Å². The Labute approximate surface area is 235 Å². The monoisotopic (exact) mass is 577 g/mol. The van der Waals surface area contributed by atoms with E-state index in [2.05, 4.69) is 25.6 Å². The van der Waals surface area contributed by atoms with Crippen molar-refractivity contribution in [3.8, 4) is 0 Å². The third-order valence-electron chi connectivity index (χ3n) is 6.58. The summed E-state index contributed by atoms with van der Waals surface area (Å²) in [4.78, 5) is 40.5. The van der Waals surface area contributed by atoms with Crippen molar-refractivity contribution >= 4 is 53.0 Å². The highest BCUT2D eigenvalue weighted by molar-refractivity contribution is 7.97. The molecule has 2 saturated heterocycles. The number of carbonyl (C=O) groups excluding carboxylic acids is 2. The quantitative estimate of drug-likeness (QED) is 0.261. The number of anilines is 2. The normalized spacial score (nSPS) is 17.6. The number of nitrogen functional groups attached to an aromatic ring is 2. The fraction of sp³-hybridized carbons (Fsp3) is 0.458. The number of likely N-dealkylation sites (N-methyl/N-ethyl adjacent to an activating group) is 1. The van der Waals surface area contributed by atoms with Crippen LogP contribution in [0.1, 0.15) is 33.7 Å². The molecule has 0 saturated carbocycles. The lowest BCUT2D eigenvalue weighted by molar-refractivity contribution is -0.105. The summed E-state index contributed by atoms with van der Waals surface area (Å²) in [6.07, 6.45) is 1.03. The van der Waals surface area contributed by atoms with E-state index in [9.17, 15) is 9.59 Å². The number of halogens is 1. The average Bonchev–Trinajstić information content (AvgIpc) is 3.30. The van der Waals surface area contributed by atoms with Gasteiger partial charge in [0.2, 0.25) is 0 Å². The lowest BCUT2D eigenvalue weighted by atomic mass is 9.88. The first kappa shape index (κ1) is 28.8. The standard InChI is InChI=1S/C24H32ClN9O4S/c1-33(12-16(37-2)38-3)39-15-6-4-5-14(11-15)22(36)34-9-7-24(8-10-34)13-28-23(32-24)31-21(35)17-19(26)30-20(27)18(25)29-17/h4-6,11,16H,7-10,12-13H2,1-3H3,(H4,26,27,30)(H2,28,31,32,35). The molecule has 2 aromatic rings. The first-order valence-electron chi connectivity index (χ1n) is 12.2. The van der Waals surface area contributed by atoms with Gasteiger partial charge in [-0.2, -0.15) is 4.99 Å². The van der Waals surface area contributed by atoms with Gasteiger partial charge in [-0.25, -0.2) is 14.3 Å². The fourth-order valence-electron chi connectivity index (χ4n) is 4.39. The van der Waals surface area contributed by atoms with Crippen LogP contribution in [0.2, 0.25) is 5.15 Å². The predicted molar refractivity (Wildman–Crippen MR) is 149 cm³/mol. The number of benzene rings is 1. The maximum atomic E-state index is 13.3. The topological polar surface area (TPSA) is 173 Å². The van der Waals surface area contributed by atoms with Gasteiger partial charge in [-0.1, -0.05) is 17.7 Å². The van der Waals surface area contributed by atoms with Gasteiger partial charge in [0.25, 0.3) is 5.91 Å². The van der Waals surface area contributed by atoms with Crippen molar-refractivity contribution in [3.05, 3.63) is 40.7 Å². The fourth-order valence-corrected chi connectivity index (χ4v) is 5.40. The van der Waals surface area contributed by atoms with E-state index in [1.54, 1.807) is 14.2 Å². The number of aliphatic imine (C=N–C) groups is 1. The molecule has 39 heavy (non-hydrogen) atoms. The summed E-state index contributed by atoms with van der Waals surface area (Å²) in [6.45, 7) is 2.24. The molecule has 2 aliphatic rings. The Morgan fingerprint density at radius 1 is 1.23 bits per heavy atom. The van der Waals surface area contributed by atoms with Gasteiger partial charge in [0.15, 0.2) is 34.7 Å². The van der Waals surface area contributed by atoms with Crippen molar-refractivity contribution in [2.24, 2.45) is 4.99 Å². The number of amides is 2. The number of nitrogens with one attached hydrogen (secondary N) is 2. The van der Waals surface area contributed by atoms with E-state index < -0.39 is 5.91 Å². The number of methoxy groups -OCH3 is 2. The summed E-state index contributed by atoms with van der Waals surface area (Å²) in [6, 6.07) is 7.57. The molecule has 0 atom stereocenters. The number of likely N-dealkylation sites (tertiary alicyclic amines) is 1. The molecule has 0 bridgehead atoms. The highest BCUT2D eigenvalue weighted by Crippen LogP contribution is 2.27. The van der Waals surface area contributed by atoms with Gasteiger partial charge in [0, 0.05) is 44.3 Å². The van der Waals surface area contributed by atoms with Crippen molar-refractivity contribution in [2.45, 2.75) is 29.6 Å². The zero-order chi connectivity index (χ0) is 28.2. The molecule has 13 nitrogen and oxygen atoms in total. The number of hydrogen-bond acceptors (Lipinski definition) is 10. The van der Waals surface area contributed by atoms with E-state index in [4.69, 9.17) is 32.5 Å². The third-order valence-corrected chi connectivity index (χ3v) is 7.78. The summed E-state index contributed by atoms with van der Waals surface area (Å²) in [5.41, 5.74) is 11.5. The number of nitrogens with two attached hydrogens (primary N) is 2. The van der Waals surface area contributed by atoms with Gasteiger partial charge in [-0.15, -0.1) is 0 Å². The van der Waals surface area contributed by atoms with Gasteiger partial charge in [-0.3, -0.25) is 9.59 Å². The number of guanidine groups is 1. The smallest absolute Gasteiger partial charge is 0.302 e. The summed E-state index contributed by atoms with van der Waals surface area (Å²) < 4.78 is 12.5. The molecule has 15 heteroatoms. The number of carbonyl (C=O) groups is 2. The zero-order valence-corrected chi connectivity index (χ0v) is 23.5. The van der Waals surface area contributed by atoms with Crippen LogP contribution < -0.4 is 22.1 Å². The molecular weight excluding hydrogens is 546 g/mol. The van der Waals surface area contributed by atoms with Crippen molar-refractivity contribution in [1.82, 2.24) is 29.8 Å². The molecule has 1 aromatic carbocycles. The highest BCUT2D eigenvalue weighted by Gasteiger charge is 2.41. The Bertz CT molecular complexity index is 1250. The van der Waals surface area contributed by atoms with Gasteiger partial charge in [0.1, 0.15) is 0 Å². The Balaban J connectivity index is 1.34. The van der Waals surface area contributed by atoms with Crippen molar-refractivity contribution in [3.63, 3.8) is 0 Å². The average molecular weight is 578 g/mol. The molecule has 2 aliphatic heterocycles. The molecule has 3 heterocycles. The summed E-state index contributed by atoms with van der Waals surface area (Å²) in [7, 11) is 5.14. The van der Waals surface area contributed by atoms with Crippen LogP contribution in [0.15, 0.2) is 34.2 Å². The van der Waals surface area contributed by atoms with Gasteiger partial charge >= 0.3 is 5.91 Å². The Kier molecular flexibility index (Phi) is 9.12. The number of rotatable bonds is 8. The maximum Gasteiger partial charge on any atom is 0.302 e. The lowest BCUT2D eigenvalue weighted by Gasteiger charge is -2.38. The van der Waals surface area contributed by atoms with Crippen LogP contribution in [0.4, 0.5) is 11.6 Å². The van der Waals surface area contributed by atoms with Gasteiger partial charge in [-0.05, 0) is 50.0 Å². The van der Waals surface area contributed by atoms with E-state index in [0.29, 0.717) is 50.5 Å². The minimum Gasteiger partial charge on any atom is -0.382 e. The van der Waals surface area contributed by atoms with Crippen LogP contribution in [-0.2, 0) is 9.47 Å². The van der Waals surface area contributed by atoms with E-state index in [1.165, 1.54) is 11.9 Å². The number of hydrogen-bond donors (Lipinski definition) is 4.